The van der Waals surface area contributed by atoms with E-state index in [1.165, 1.54) is 0 Å². The van der Waals surface area contributed by atoms with Crippen molar-refractivity contribution in [3.05, 3.63) is 0 Å². The molecule has 7 heteroatoms. The number of hydrogen-bond acceptors (Lipinski definition) is 3. The van der Waals surface area contributed by atoms with Gasteiger partial charge in [-0.05, 0) is 46.0 Å². The van der Waals surface area contributed by atoms with Crippen molar-refractivity contribution in [3.63, 3.8) is 0 Å². The number of hydrogen-bond donors (Lipinski definition) is 2. The predicted octanol–water partition coefficient (Wildman–Crippen LogP) is 3.18. The monoisotopic (exact) mass is 319 g/mol. The molecule has 0 saturated heterocycles. The highest BCUT2D eigenvalue weighted by Gasteiger charge is 2.71. The summed E-state index contributed by atoms with van der Waals surface area (Å²) < 4.78 is 32.1. The number of rotatable bonds is 3. The Morgan fingerprint density at radius 1 is 1.36 bits per heavy atom. The van der Waals surface area contributed by atoms with Crippen LogP contribution in [0.5, 0.6) is 0 Å². The van der Waals surface area contributed by atoms with Crippen LogP contribution in [0.4, 0.5) is 13.6 Å². The Bertz CT molecular complexity index is 475. The summed E-state index contributed by atoms with van der Waals surface area (Å²) in [5.74, 6) is -4.40. The van der Waals surface area contributed by atoms with Crippen molar-refractivity contribution in [1.82, 2.24) is 5.32 Å². The number of ether oxygens (including phenoxy) is 1. The van der Waals surface area contributed by atoms with E-state index >= 15 is 0 Å². The predicted molar refractivity (Wildman–Crippen MR) is 74.7 cm³/mol. The van der Waals surface area contributed by atoms with Crippen LogP contribution in [0.3, 0.4) is 0 Å². The van der Waals surface area contributed by atoms with E-state index in [9.17, 15) is 23.5 Å². The second-order valence-electron chi connectivity index (χ2n) is 7.48. The molecule has 0 bridgehead atoms. The van der Waals surface area contributed by atoms with Crippen LogP contribution < -0.4 is 5.32 Å². The number of carboxylic acid groups (broad SMARTS) is 1. The molecule has 22 heavy (non-hydrogen) atoms. The van der Waals surface area contributed by atoms with Gasteiger partial charge >= 0.3 is 12.1 Å². The first kappa shape index (κ1) is 17.0. The average Bonchev–Trinajstić information content (AvgIpc) is 2.83. The molecule has 0 radical (unpaired) electrons. The highest BCUT2D eigenvalue weighted by atomic mass is 19.3. The molecule has 0 aromatic rings. The number of carboxylic acids is 1. The molecule has 5 nitrogen and oxygen atoms in total. The van der Waals surface area contributed by atoms with Crippen molar-refractivity contribution < 1.29 is 28.2 Å². The Morgan fingerprint density at radius 3 is 2.41 bits per heavy atom. The van der Waals surface area contributed by atoms with Crippen molar-refractivity contribution in [2.75, 3.05) is 0 Å². The van der Waals surface area contributed by atoms with Gasteiger partial charge in [-0.25, -0.2) is 18.4 Å². The van der Waals surface area contributed by atoms with Crippen molar-refractivity contribution in [1.29, 1.82) is 0 Å². The SMILES string of the molecule is CC(C)(C)OC(=O)N[C@H](C(=O)O)[C@H]1CCCC2(C1)CC2(F)F. The van der Waals surface area contributed by atoms with E-state index in [0.29, 0.717) is 19.3 Å². The van der Waals surface area contributed by atoms with Crippen LogP contribution in [0.15, 0.2) is 0 Å². The van der Waals surface area contributed by atoms with Crippen molar-refractivity contribution >= 4 is 12.1 Å². The van der Waals surface area contributed by atoms with E-state index < -0.39 is 41.0 Å². The fourth-order valence-corrected chi connectivity index (χ4v) is 3.38. The Kier molecular flexibility index (Phi) is 4.13. The van der Waals surface area contributed by atoms with Gasteiger partial charge in [-0.15, -0.1) is 0 Å². The van der Waals surface area contributed by atoms with Crippen LogP contribution in [0, 0.1) is 11.3 Å². The van der Waals surface area contributed by atoms with Gasteiger partial charge in [0.05, 0.1) is 0 Å². The van der Waals surface area contributed by atoms with Gasteiger partial charge < -0.3 is 15.2 Å². The smallest absolute Gasteiger partial charge is 0.408 e. The number of aliphatic carboxylic acids is 1. The molecule has 0 heterocycles. The number of carbonyl (C=O) groups is 2. The summed E-state index contributed by atoms with van der Waals surface area (Å²) in [6, 6.07) is -1.19. The average molecular weight is 319 g/mol. The van der Waals surface area contributed by atoms with Crippen LogP contribution in [0.1, 0.15) is 52.9 Å². The summed E-state index contributed by atoms with van der Waals surface area (Å²) in [5.41, 5.74) is -1.80. The van der Waals surface area contributed by atoms with E-state index in [-0.39, 0.29) is 12.8 Å². The van der Waals surface area contributed by atoms with Gasteiger partial charge in [-0.2, -0.15) is 0 Å². The summed E-state index contributed by atoms with van der Waals surface area (Å²) in [7, 11) is 0. The lowest BCUT2D eigenvalue weighted by atomic mass is 9.75. The largest absolute Gasteiger partial charge is 0.480 e. The molecule has 2 rings (SSSR count). The van der Waals surface area contributed by atoms with Gasteiger partial charge in [0.25, 0.3) is 5.92 Å². The molecule has 0 aromatic heterocycles. The lowest BCUT2D eigenvalue weighted by Crippen LogP contribution is -2.49. The number of alkyl halides is 2. The van der Waals surface area contributed by atoms with E-state index in [1.54, 1.807) is 20.8 Å². The van der Waals surface area contributed by atoms with E-state index in [0.717, 1.165) is 0 Å². The first-order chi connectivity index (χ1) is 9.96. The molecule has 2 aliphatic rings. The van der Waals surface area contributed by atoms with Crippen LogP contribution in [-0.4, -0.2) is 34.7 Å². The van der Waals surface area contributed by atoms with Crippen molar-refractivity contribution in [3.8, 4) is 0 Å². The number of nitrogens with one attached hydrogen (secondary N) is 1. The molecule has 0 aromatic carbocycles. The lowest BCUT2D eigenvalue weighted by molar-refractivity contribution is -0.141. The van der Waals surface area contributed by atoms with Gasteiger partial charge in [0.2, 0.25) is 0 Å². The zero-order valence-electron chi connectivity index (χ0n) is 13.1. The van der Waals surface area contributed by atoms with Crippen molar-refractivity contribution in [2.24, 2.45) is 11.3 Å². The van der Waals surface area contributed by atoms with E-state index in [1.807, 2.05) is 0 Å². The molecule has 2 fully saturated rings. The molecule has 1 amide bonds. The molecule has 126 valence electrons. The van der Waals surface area contributed by atoms with Gasteiger partial charge in [0, 0.05) is 11.8 Å². The van der Waals surface area contributed by atoms with Gasteiger partial charge in [0.15, 0.2) is 0 Å². The van der Waals surface area contributed by atoms with Gasteiger partial charge in [0.1, 0.15) is 11.6 Å². The zero-order chi connectivity index (χ0) is 16.8. The summed E-state index contributed by atoms with van der Waals surface area (Å²) in [6.45, 7) is 5.01. The molecular weight excluding hydrogens is 296 g/mol. The Labute approximate surface area is 128 Å². The van der Waals surface area contributed by atoms with Crippen LogP contribution in [0.25, 0.3) is 0 Å². The van der Waals surface area contributed by atoms with Crippen LogP contribution in [-0.2, 0) is 9.53 Å². The summed E-state index contributed by atoms with van der Waals surface area (Å²) >= 11 is 0. The maximum Gasteiger partial charge on any atom is 0.408 e. The van der Waals surface area contributed by atoms with E-state index in [2.05, 4.69) is 5.32 Å². The van der Waals surface area contributed by atoms with Crippen LogP contribution >= 0.6 is 0 Å². The minimum absolute atomic E-state index is 0.132. The quantitative estimate of drug-likeness (QED) is 0.838. The fraction of sp³-hybridized carbons (Fsp3) is 0.867. The summed E-state index contributed by atoms with van der Waals surface area (Å²) in [5, 5.41) is 11.7. The molecule has 0 aliphatic heterocycles. The zero-order valence-corrected chi connectivity index (χ0v) is 13.1. The second-order valence-corrected chi connectivity index (χ2v) is 7.48. The maximum absolute atomic E-state index is 13.5. The summed E-state index contributed by atoms with van der Waals surface area (Å²) in [6.07, 6.45) is 0.629. The highest BCUT2D eigenvalue weighted by Crippen LogP contribution is 2.68. The molecule has 1 spiro atoms. The standard InChI is InChI=1S/C15H23F2NO4/c1-13(2,3)22-12(21)18-10(11(19)20)9-5-4-6-14(7-9)8-15(14,16)17/h9-10H,4-8H2,1-3H3,(H,18,21)(H,19,20)/t9-,10-,14?/m0/s1. The molecule has 3 atom stereocenters. The number of alkyl carbamates (subject to hydrolysis) is 1. The minimum atomic E-state index is -2.69. The number of halogens is 2. The molecule has 2 N–H and O–H groups in total. The lowest BCUT2D eigenvalue weighted by Gasteiger charge is -2.33. The van der Waals surface area contributed by atoms with Gasteiger partial charge in [-0.1, -0.05) is 6.42 Å². The van der Waals surface area contributed by atoms with Crippen molar-refractivity contribution in [2.45, 2.75) is 70.4 Å². The molecule has 1 unspecified atom stereocenters. The third-order valence-electron chi connectivity index (χ3n) is 4.50. The first-order valence-corrected chi connectivity index (χ1v) is 7.56. The fourth-order valence-electron chi connectivity index (χ4n) is 3.38. The highest BCUT2D eigenvalue weighted by molar-refractivity contribution is 5.80. The third kappa shape index (κ3) is 3.50. The molecule has 2 aliphatic carbocycles. The number of amides is 1. The normalized spacial score (nSPS) is 31.4. The molecule has 2 saturated carbocycles. The topological polar surface area (TPSA) is 75.6 Å². The second kappa shape index (κ2) is 5.35. The third-order valence-corrected chi connectivity index (χ3v) is 4.50. The Balaban J connectivity index is 2.02. The summed E-state index contributed by atoms with van der Waals surface area (Å²) in [4.78, 5) is 23.2. The first-order valence-electron chi connectivity index (χ1n) is 7.56. The van der Waals surface area contributed by atoms with Gasteiger partial charge in [-0.3, -0.25) is 0 Å². The number of carbonyl (C=O) groups excluding carboxylic acids is 1. The Morgan fingerprint density at radius 2 is 1.95 bits per heavy atom. The van der Waals surface area contributed by atoms with Crippen LogP contribution in [0.2, 0.25) is 0 Å². The minimum Gasteiger partial charge on any atom is -0.480 e. The van der Waals surface area contributed by atoms with E-state index in [4.69, 9.17) is 4.74 Å². The Hall–Kier alpha value is -1.40. The molecular formula is C15H23F2NO4. The maximum atomic E-state index is 13.5.